The maximum atomic E-state index is 12.5. The molecule has 4 rings (SSSR count). The summed E-state index contributed by atoms with van der Waals surface area (Å²) in [5, 5.41) is 3.73. The van der Waals surface area contributed by atoms with Crippen molar-refractivity contribution in [2.75, 3.05) is 26.2 Å². The first-order valence-electron chi connectivity index (χ1n) is 10.4. The first-order chi connectivity index (χ1) is 14.6. The molecule has 1 saturated heterocycles. The first-order valence-corrected chi connectivity index (χ1v) is 10.8. The van der Waals surface area contributed by atoms with Crippen molar-refractivity contribution in [2.45, 2.75) is 25.4 Å². The average Bonchev–Trinajstić information content (AvgIpc) is 3.57. The number of hydrogen-bond acceptors (Lipinski definition) is 3. The predicted molar refractivity (Wildman–Crippen MR) is 119 cm³/mol. The maximum absolute atomic E-state index is 12.5. The number of carbonyl (C=O) groups is 2. The molecule has 5 nitrogen and oxygen atoms in total. The SMILES string of the molecule is O=C(NC1CC1)c1ccc(/C=C/C(=O)N2CCN(Cc3cccc(Cl)c3)CC2)cc1. The van der Waals surface area contributed by atoms with E-state index in [1.54, 1.807) is 18.2 Å². The van der Waals surface area contributed by atoms with Gasteiger partial charge in [0.05, 0.1) is 0 Å². The smallest absolute Gasteiger partial charge is 0.251 e. The molecular formula is C24H26ClN3O2. The molecule has 0 radical (unpaired) electrons. The van der Waals surface area contributed by atoms with Gasteiger partial charge in [0.2, 0.25) is 5.91 Å². The second-order valence-electron chi connectivity index (χ2n) is 7.93. The summed E-state index contributed by atoms with van der Waals surface area (Å²) >= 11 is 6.06. The van der Waals surface area contributed by atoms with E-state index in [2.05, 4.69) is 16.3 Å². The van der Waals surface area contributed by atoms with Crippen molar-refractivity contribution in [3.8, 4) is 0 Å². The topological polar surface area (TPSA) is 52.7 Å². The zero-order valence-electron chi connectivity index (χ0n) is 16.9. The molecule has 2 aromatic rings. The Morgan fingerprint density at radius 1 is 1.03 bits per heavy atom. The molecule has 0 aromatic heterocycles. The molecule has 0 unspecified atom stereocenters. The minimum absolute atomic E-state index is 0.0213. The molecule has 1 heterocycles. The zero-order valence-corrected chi connectivity index (χ0v) is 17.6. The van der Waals surface area contributed by atoms with Crippen LogP contribution in [0.5, 0.6) is 0 Å². The Labute approximate surface area is 182 Å². The molecule has 6 heteroatoms. The van der Waals surface area contributed by atoms with Crippen LogP contribution in [0.15, 0.2) is 54.6 Å². The second-order valence-corrected chi connectivity index (χ2v) is 8.37. The minimum atomic E-state index is -0.0280. The van der Waals surface area contributed by atoms with Gasteiger partial charge < -0.3 is 10.2 Å². The lowest BCUT2D eigenvalue weighted by atomic mass is 10.1. The van der Waals surface area contributed by atoms with Crippen molar-refractivity contribution in [1.82, 2.24) is 15.1 Å². The summed E-state index contributed by atoms with van der Waals surface area (Å²) in [5.74, 6) is -0.00675. The first kappa shape index (κ1) is 20.6. The number of benzene rings is 2. The van der Waals surface area contributed by atoms with Crippen molar-refractivity contribution >= 4 is 29.5 Å². The van der Waals surface area contributed by atoms with Gasteiger partial charge >= 0.3 is 0 Å². The molecule has 2 aromatic carbocycles. The standard InChI is InChI=1S/C24H26ClN3O2/c25-21-3-1-2-19(16-21)17-27-12-14-28(15-13-27)23(29)11-6-18-4-7-20(8-5-18)24(30)26-22-9-10-22/h1-8,11,16,22H,9-10,12-15,17H2,(H,26,30)/b11-6+. The lowest BCUT2D eigenvalue weighted by molar-refractivity contribution is -0.127. The van der Waals surface area contributed by atoms with E-state index in [0.717, 1.165) is 43.1 Å². The van der Waals surface area contributed by atoms with Crippen LogP contribution in [-0.2, 0) is 11.3 Å². The molecule has 1 aliphatic heterocycles. The molecule has 0 atom stereocenters. The number of hydrogen-bond donors (Lipinski definition) is 1. The molecule has 1 aliphatic carbocycles. The highest BCUT2D eigenvalue weighted by atomic mass is 35.5. The van der Waals surface area contributed by atoms with Crippen LogP contribution < -0.4 is 5.32 Å². The number of halogens is 1. The molecule has 1 N–H and O–H groups in total. The summed E-state index contributed by atoms with van der Waals surface area (Å²) in [6, 6.07) is 15.6. The van der Waals surface area contributed by atoms with Crippen molar-refractivity contribution in [3.63, 3.8) is 0 Å². The highest BCUT2D eigenvalue weighted by Crippen LogP contribution is 2.19. The van der Waals surface area contributed by atoms with E-state index < -0.39 is 0 Å². The average molecular weight is 424 g/mol. The predicted octanol–water partition coefficient (Wildman–Crippen LogP) is 3.59. The second kappa shape index (κ2) is 9.45. The molecular weight excluding hydrogens is 398 g/mol. The van der Waals surface area contributed by atoms with Gasteiger partial charge in [0.25, 0.3) is 5.91 Å². The summed E-state index contributed by atoms with van der Waals surface area (Å²) in [5.41, 5.74) is 2.75. The molecule has 2 fully saturated rings. The van der Waals surface area contributed by atoms with Crippen LogP contribution in [0.3, 0.4) is 0 Å². The Morgan fingerprint density at radius 3 is 2.43 bits per heavy atom. The van der Waals surface area contributed by atoms with Crippen LogP contribution in [-0.4, -0.2) is 53.8 Å². The Balaban J connectivity index is 1.25. The maximum Gasteiger partial charge on any atom is 0.251 e. The third-order valence-electron chi connectivity index (χ3n) is 5.48. The Bertz CT molecular complexity index is 930. The summed E-state index contributed by atoms with van der Waals surface area (Å²) in [7, 11) is 0. The number of rotatable bonds is 6. The van der Waals surface area contributed by atoms with Gasteiger partial charge in [0, 0.05) is 55.4 Å². The molecule has 0 bridgehead atoms. The van der Waals surface area contributed by atoms with E-state index in [1.165, 1.54) is 5.56 Å². The third kappa shape index (κ3) is 5.71. The van der Waals surface area contributed by atoms with Gasteiger partial charge in [-0.2, -0.15) is 0 Å². The number of piperazine rings is 1. The molecule has 1 saturated carbocycles. The summed E-state index contributed by atoms with van der Waals surface area (Å²) in [4.78, 5) is 28.8. The van der Waals surface area contributed by atoms with Crippen LogP contribution in [0.2, 0.25) is 5.02 Å². The van der Waals surface area contributed by atoms with Crippen molar-refractivity contribution in [2.24, 2.45) is 0 Å². The van der Waals surface area contributed by atoms with Crippen LogP contribution in [0, 0.1) is 0 Å². The Hall–Kier alpha value is -2.63. The molecule has 0 spiro atoms. The van der Waals surface area contributed by atoms with Crippen LogP contribution in [0.4, 0.5) is 0 Å². The van der Waals surface area contributed by atoms with Crippen molar-refractivity contribution < 1.29 is 9.59 Å². The van der Waals surface area contributed by atoms with Gasteiger partial charge in [0.15, 0.2) is 0 Å². The van der Waals surface area contributed by atoms with Gasteiger partial charge in [-0.1, -0.05) is 35.9 Å². The van der Waals surface area contributed by atoms with Crippen LogP contribution in [0.1, 0.15) is 34.3 Å². The van der Waals surface area contributed by atoms with E-state index in [1.807, 2.05) is 41.3 Å². The van der Waals surface area contributed by atoms with Gasteiger partial charge in [-0.3, -0.25) is 14.5 Å². The van der Waals surface area contributed by atoms with Gasteiger partial charge in [-0.15, -0.1) is 0 Å². The number of nitrogens with zero attached hydrogens (tertiary/aromatic N) is 2. The normalized spacial score (nSPS) is 17.3. The Kier molecular flexibility index (Phi) is 6.50. The minimum Gasteiger partial charge on any atom is -0.349 e. The van der Waals surface area contributed by atoms with Gasteiger partial charge in [-0.05, 0) is 54.3 Å². The van der Waals surface area contributed by atoms with Crippen molar-refractivity contribution in [3.05, 3.63) is 76.3 Å². The molecule has 2 aliphatic rings. The summed E-state index contributed by atoms with van der Waals surface area (Å²) < 4.78 is 0. The highest BCUT2D eigenvalue weighted by molar-refractivity contribution is 6.30. The van der Waals surface area contributed by atoms with Crippen LogP contribution >= 0.6 is 11.6 Å². The van der Waals surface area contributed by atoms with E-state index in [0.29, 0.717) is 24.7 Å². The summed E-state index contributed by atoms with van der Waals surface area (Å²) in [6.07, 6.45) is 5.57. The van der Waals surface area contributed by atoms with E-state index in [-0.39, 0.29) is 11.8 Å². The molecule has 2 amide bonds. The Morgan fingerprint density at radius 2 is 1.77 bits per heavy atom. The fourth-order valence-corrected chi connectivity index (χ4v) is 3.75. The number of nitrogens with one attached hydrogen (secondary N) is 1. The van der Waals surface area contributed by atoms with E-state index in [4.69, 9.17) is 11.6 Å². The monoisotopic (exact) mass is 423 g/mol. The highest BCUT2D eigenvalue weighted by Gasteiger charge is 2.23. The van der Waals surface area contributed by atoms with E-state index >= 15 is 0 Å². The number of carbonyl (C=O) groups excluding carboxylic acids is 2. The summed E-state index contributed by atoms with van der Waals surface area (Å²) in [6.45, 7) is 3.96. The van der Waals surface area contributed by atoms with Gasteiger partial charge in [0.1, 0.15) is 0 Å². The zero-order chi connectivity index (χ0) is 20.9. The largest absolute Gasteiger partial charge is 0.349 e. The van der Waals surface area contributed by atoms with E-state index in [9.17, 15) is 9.59 Å². The lowest BCUT2D eigenvalue weighted by Gasteiger charge is -2.34. The van der Waals surface area contributed by atoms with Crippen LogP contribution in [0.25, 0.3) is 6.08 Å². The number of amides is 2. The molecule has 156 valence electrons. The van der Waals surface area contributed by atoms with Gasteiger partial charge in [-0.25, -0.2) is 0 Å². The molecule has 30 heavy (non-hydrogen) atoms. The third-order valence-corrected chi connectivity index (χ3v) is 5.72. The lowest BCUT2D eigenvalue weighted by Crippen LogP contribution is -2.47. The fraction of sp³-hybridized carbons (Fsp3) is 0.333. The van der Waals surface area contributed by atoms with Crippen molar-refractivity contribution in [1.29, 1.82) is 0 Å². The quantitative estimate of drug-likeness (QED) is 0.722. The fourth-order valence-electron chi connectivity index (χ4n) is 3.53.